The molecule has 0 saturated carbocycles. The largest absolute Gasteiger partial charge is 0.324 e. The van der Waals surface area contributed by atoms with Gasteiger partial charge in [-0.05, 0) is 25.8 Å². The molecule has 1 saturated heterocycles. The van der Waals surface area contributed by atoms with Crippen LogP contribution in [-0.4, -0.2) is 55.6 Å². The van der Waals surface area contributed by atoms with Crippen molar-refractivity contribution in [3.05, 3.63) is 34.4 Å². The van der Waals surface area contributed by atoms with E-state index in [4.69, 9.17) is 0 Å². The Morgan fingerprint density at radius 2 is 2.00 bits per heavy atom. The van der Waals surface area contributed by atoms with Crippen molar-refractivity contribution in [2.45, 2.75) is 31.8 Å². The second-order valence-corrected chi connectivity index (χ2v) is 7.95. The fourth-order valence-electron chi connectivity index (χ4n) is 2.82. The molecular weight excluding hydrogens is 348 g/mol. The number of nitrogens with zero attached hydrogens (tertiary/aromatic N) is 2. The Morgan fingerprint density at radius 3 is 2.56 bits per heavy atom. The van der Waals surface area contributed by atoms with E-state index < -0.39 is 21.0 Å². The molecule has 1 heterocycles. The molecule has 2 N–H and O–H groups in total. The number of nitrogens with one attached hydrogen (secondary N) is 2. The first-order valence-corrected chi connectivity index (χ1v) is 9.81. The molecule has 1 aromatic rings. The average molecular weight is 370 g/mol. The lowest BCUT2D eigenvalue weighted by atomic mass is 10.0. The van der Waals surface area contributed by atoms with E-state index >= 15 is 0 Å². The summed E-state index contributed by atoms with van der Waals surface area (Å²) in [5.74, 6) is -0.255. The molecule has 0 spiro atoms. The third kappa shape index (κ3) is 5.76. The van der Waals surface area contributed by atoms with E-state index in [1.165, 1.54) is 18.2 Å². The van der Waals surface area contributed by atoms with Crippen LogP contribution in [0.4, 0.5) is 11.4 Å². The third-order valence-corrected chi connectivity index (χ3v) is 4.92. The Morgan fingerprint density at radius 1 is 1.36 bits per heavy atom. The molecule has 138 valence electrons. The minimum absolute atomic E-state index is 0.0851. The first-order chi connectivity index (χ1) is 11.7. The Bertz CT molecular complexity index is 744. The van der Waals surface area contributed by atoms with Crippen LogP contribution in [0.3, 0.4) is 0 Å². The maximum absolute atomic E-state index is 12.4. The molecule has 0 aromatic heterocycles. The minimum Gasteiger partial charge on any atom is -0.324 e. The van der Waals surface area contributed by atoms with Crippen LogP contribution in [0, 0.1) is 10.1 Å². The van der Waals surface area contributed by atoms with Crippen molar-refractivity contribution >= 4 is 27.3 Å². The van der Waals surface area contributed by atoms with Gasteiger partial charge in [0.2, 0.25) is 15.9 Å². The van der Waals surface area contributed by atoms with E-state index in [9.17, 15) is 23.3 Å². The average Bonchev–Trinajstić information content (AvgIpc) is 2.53. The van der Waals surface area contributed by atoms with Crippen molar-refractivity contribution in [3.63, 3.8) is 0 Å². The van der Waals surface area contributed by atoms with Crippen LogP contribution in [0.5, 0.6) is 0 Å². The van der Waals surface area contributed by atoms with Crippen LogP contribution in [0.2, 0.25) is 0 Å². The summed E-state index contributed by atoms with van der Waals surface area (Å²) in [6.07, 6.45) is 2.39. The monoisotopic (exact) mass is 370 g/mol. The van der Waals surface area contributed by atoms with Crippen molar-refractivity contribution in [2.75, 3.05) is 24.7 Å². The second kappa shape index (κ2) is 7.89. The SMILES string of the molecule is CC(C(=O)Nc1cccc([N+](=O)[O-])c1)N1CCC(NS(C)(=O)=O)CC1. The summed E-state index contributed by atoms with van der Waals surface area (Å²) in [5, 5.41) is 13.5. The van der Waals surface area contributed by atoms with Crippen LogP contribution < -0.4 is 10.0 Å². The van der Waals surface area contributed by atoms with Gasteiger partial charge in [-0.2, -0.15) is 0 Å². The van der Waals surface area contributed by atoms with Crippen LogP contribution >= 0.6 is 0 Å². The van der Waals surface area contributed by atoms with Crippen LogP contribution in [-0.2, 0) is 14.8 Å². The van der Waals surface area contributed by atoms with E-state index in [1.807, 2.05) is 4.90 Å². The number of anilines is 1. The van der Waals surface area contributed by atoms with Gasteiger partial charge in [0, 0.05) is 37.0 Å². The summed E-state index contributed by atoms with van der Waals surface area (Å²) in [7, 11) is -3.23. The second-order valence-electron chi connectivity index (χ2n) is 6.17. The van der Waals surface area contributed by atoms with Crippen LogP contribution in [0.15, 0.2) is 24.3 Å². The maximum Gasteiger partial charge on any atom is 0.271 e. The first kappa shape index (κ1) is 19.3. The standard InChI is InChI=1S/C15H22N4O5S/c1-11(18-8-6-12(7-9-18)17-25(2,23)24)15(20)16-13-4-3-5-14(10-13)19(21)22/h3-5,10-12,17H,6-9H2,1-2H3,(H,16,20). The highest BCUT2D eigenvalue weighted by Crippen LogP contribution is 2.19. The van der Waals surface area contributed by atoms with Crippen molar-refractivity contribution in [1.82, 2.24) is 9.62 Å². The number of likely N-dealkylation sites (tertiary alicyclic amines) is 1. The molecule has 1 aromatic carbocycles. The van der Waals surface area contributed by atoms with Crippen molar-refractivity contribution in [2.24, 2.45) is 0 Å². The van der Waals surface area contributed by atoms with Crippen molar-refractivity contribution < 1.29 is 18.1 Å². The molecule has 1 aliphatic rings. The third-order valence-electron chi connectivity index (χ3n) is 4.16. The molecule has 0 radical (unpaired) electrons. The number of carbonyl (C=O) groups is 1. The van der Waals surface area contributed by atoms with E-state index in [0.717, 1.165) is 6.26 Å². The number of sulfonamides is 1. The highest BCUT2D eigenvalue weighted by molar-refractivity contribution is 7.88. The number of carbonyl (C=O) groups excluding carboxylic acids is 1. The van der Waals surface area contributed by atoms with Crippen molar-refractivity contribution in [1.29, 1.82) is 0 Å². The zero-order valence-corrected chi connectivity index (χ0v) is 15.0. The Balaban J connectivity index is 1.91. The topological polar surface area (TPSA) is 122 Å². The predicted octanol–water partition coefficient (Wildman–Crippen LogP) is 0.935. The smallest absolute Gasteiger partial charge is 0.271 e. The van der Waals surface area contributed by atoms with E-state index in [0.29, 0.717) is 31.6 Å². The summed E-state index contributed by atoms with van der Waals surface area (Å²) in [5.41, 5.74) is 0.290. The summed E-state index contributed by atoms with van der Waals surface area (Å²) < 4.78 is 25.1. The van der Waals surface area contributed by atoms with Gasteiger partial charge in [-0.15, -0.1) is 0 Å². The van der Waals surface area contributed by atoms with Gasteiger partial charge in [0.25, 0.3) is 5.69 Å². The molecule has 9 nitrogen and oxygen atoms in total. The van der Waals surface area contributed by atoms with E-state index in [1.54, 1.807) is 13.0 Å². The van der Waals surface area contributed by atoms with Crippen LogP contribution in [0.1, 0.15) is 19.8 Å². The summed E-state index contributed by atoms with van der Waals surface area (Å²) in [6, 6.07) is 5.25. The number of hydrogen-bond donors (Lipinski definition) is 2. The van der Waals surface area contributed by atoms with Gasteiger partial charge in [0.05, 0.1) is 17.2 Å². The van der Waals surface area contributed by atoms with Gasteiger partial charge in [-0.3, -0.25) is 19.8 Å². The number of nitro groups is 1. The molecule has 1 fully saturated rings. The zero-order valence-electron chi connectivity index (χ0n) is 14.1. The molecule has 1 amide bonds. The summed E-state index contributed by atoms with van der Waals surface area (Å²) >= 11 is 0. The number of piperidine rings is 1. The molecule has 1 aliphatic heterocycles. The van der Waals surface area contributed by atoms with Gasteiger partial charge in [0.15, 0.2) is 0 Å². The molecule has 0 bridgehead atoms. The molecule has 1 unspecified atom stereocenters. The highest BCUT2D eigenvalue weighted by Gasteiger charge is 2.27. The van der Waals surface area contributed by atoms with Crippen LogP contribution in [0.25, 0.3) is 0 Å². The normalized spacial score (nSPS) is 17.8. The zero-order chi connectivity index (χ0) is 18.6. The number of hydrogen-bond acceptors (Lipinski definition) is 6. The quantitative estimate of drug-likeness (QED) is 0.568. The Kier molecular flexibility index (Phi) is 6.09. The molecule has 25 heavy (non-hydrogen) atoms. The van der Waals surface area contributed by atoms with E-state index in [2.05, 4.69) is 10.0 Å². The predicted molar refractivity (Wildman–Crippen MR) is 93.8 cm³/mol. The lowest BCUT2D eigenvalue weighted by Crippen LogP contribution is -2.50. The fourth-order valence-corrected chi connectivity index (χ4v) is 3.66. The molecule has 10 heteroatoms. The van der Waals surface area contributed by atoms with Gasteiger partial charge in [-0.25, -0.2) is 13.1 Å². The maximum atomic E-state index is 12.4. The summed E-state index contributed by atoms with van der Waals surface area (Å²) in [6.45, 7) is 2.95. The number of amides is 1. The Hall–Kier alpha value is -2.04. The van der Waals surface area contributed by atoms with Gasteiger partial charge in [0.1, 0.15) is 0 Å². The molecule has 1 atom stereocenters. The number of non-ortho nitro benzene ring substituents is 1. The lowest BCUT2D eigenvalue weighted by molar-refractivity contribution is -0.384. The molecule has 2 rings (SSSR count). The van der Waals surface area contributed by atoms with Gasteiger partial charge >= 0.3 is 0 Å². The number of nitro benzene ring substituents is 1. The van der Waals surface area contributed by atoms with E-state index in [-0.39, 0.29) is 17.6 Å². The van der Waals surface area contributed by atoms with Gasteiger partial charge in [-0.1, -0.05) is 6.07 Å². The summed E-state index contributed by atoms with van der Waals surface area (Å²) in [4.78, 5) is 24.6. The molecular formula is C15H22N4O5S. The first-order valence-electron chi connectivity index (χ1n) is 7.92. The fraction of sp³-hybridized carbons (Fsp3) is 0.533. The number of rotatable bonds is 6. The minimum atomic E-state index is -3.23. The lowest BCUT2D eigenvalue weighted by Gasteiger charge is -2.35. The highest BCUT2D eigenvalue weighted by atomic mass is 32.2. The number of benzene rings is 1. The Labute approximate surface area is 146 Å². The molecule has 0 aliphatic carbocycles. The van der Waals surface area contributed by atoms with Crippen molar-refractivity contribution in [3.8, 4) is 0 Å². The van der Waals surface area contributed by atoms with Gasteiger partial charge < -0.3 is 5.32 Å².